The molecular formula is C19H17F3N4O3. The van der Waals surface area contributed by atoms with E-state index in [1.54, 1.807) is 24.3 Å². The molecule has 0 fully saturated rings. The normalized spacial score (nSPS) is 12.6. The van der Waals surface area contributed by atoms with Crippen LogP contribution >= 0.6 is 0 Å². The summed E-state index contributed by atoms with van der Waals surface area (Å²) in [6.07, 6.45) is -5.45. The Bertz CT molecular complexity index is 987. The van der Waals surface area contributed by atoms with Crippen molar-refractivity contribution in [3.63, 3.8) is 0 Å². The lowest BCUT2D eigenvalue weighted by Gasteiger charge is -2.11. The molecule has 0 aliphatic carbocycles. The van der Waals surface area contributed by atoms with E-state index in [0.717, 1.165) is 16.9 Å². The molecule has 3 aromatic rings. The summed E-state index contributed by atoms with van der Waals surface area (Å²) in [7, 11) is 0. The molecule has 1 atom stereocenters. The summed E-state index contributed by atoms with van der Waals surface area (Å²) < 4.78 is 43.9. The fourth-order valence-electron chi connectivity index (χ4n) is 2.49. The first-order valence-electron chi connectivity index (χ1n) is 8.59. The van der Waals surface area contributed by atoms with E-state index in [1.807, 2.05) is 0 Å². The largest absolute Gasteiger partial charge is 0.491 e. The molecule has 1 N–H and O–H groups in total. The Labute approximate surface area is 163 Å². The van der Waals surface area contributed by atoms with E-state index in [-0.39, 0.29) is 30.3 Å². The fraction of sp³-hybridized carbons (Fsp3) is 0.263. The van der Waals surface area contributed by atoms with Crippen LogP contribution in [-0.4, -0.2) is 43.8 Å². The third-order valence-corrected chi connectivity index (χ3v) is 3.98. The predicted molar refractivity (Wildman–Crippen MR) is 96.2 cm³/mol. The number of aliphatic hydroxyl groups is 1. The summed E-state index contributed by atoms with van der Waals surface area (Å²) in [5.41, 5.74) is -0.0928. The van der Waals surface area contributed by atoms with Gasteiger partial charge in [-0.15, -0.1) is 10.2 Å². The molecule has 3 rings (SSSR count). The highest BCUT2D eigenvalue weighted by Gasteiger charge is 2.30. The van der Waals surface area contributed by atoms with Crippen molar-refractivity contribution in [2.24, 2.45) is 0 Å². The molecule has 0 spiro atoms. The summed E-state index contributed by atoms with van der Waals surface area (Å²) >= 11 is 0. The number of halogens is 3. The van der Waals surface area contributed by atoms with Crippen LogP contribution in [-0.2, 0) is 12.7 Å². The highest BCUT2D eigenvalue weighted by Crippen LogP contribution is 2.31. The van der Waals surface area contributed by atoms with E-state index in [2.05, 4.69) is 15.4 Å². The van der Waals surface area contributed by atoms with Gasteiger partial charge in [-0.2, -0.15) is 18.0 Å². The smallest absolute Gasteiger partial charge is 0.416 e. The molecule has 29 heavy (non-hydrogen) atoms. The van der Waals surface area contributed by atoms with Crippen LogP contribution in [0.2, 0.25) is 0 Å². The number of ketones is 1. The molecule has 1 unspecified atom stereocenters. The number of rotatable bonds is 7. The summed E-state index contributed by atoms with van der Waals surface area (Å²) in [5.74, 6) is 0.430. The van der Waals surface area contributed by atoms with Gasteiger partial charge in [0.1, 0.15) is 18.5 Å². The van der Waals surface area contributed by atoms with Gasteiger partial charge in [0.2, 0.25) is 5.82 Å². The number of hydrogen-bond acceptors (Lipinski definition) is 6. The van der Waals surface area contributed by atoms with E-state index in [4.69, 9.17) is 4.74 Å². The Hall–Kier alpha value is -3.27. The van der Waals surface area contributed by atoms with Crippen molar-refractivity contribution in [1.82, 2.24) is 20.2 Å². The maximum Gasteiger partial charge on any atom is 0.416 e. The van der Waals surface area contributed by atoms with Crippen LogP contribution in [0.1, 0.15) is 22.8 Å². The van der Waals surface area contributed by atoms with Crippen molar-refractivity contribution in [3.05, 3.63) is 59.7 Å². The third kappa shape index (κ3) is 5.38. The standard InChI is InChI=1S/C19H17F3N4O3/c1-12(27)13-5-7-17(8-6-13)29-11-16(28)10-26-24-18(23-25-26)14-3-2-4-15(9-14)19(20,21)22/h2-9,16,28H,10-11H2,1H3. The van der Waals surface area contributed by atoms with Crippen LogP contribution in [0.4, 0.5) is 13.2 Å². The number of ether oxygens (including phenoxy) is 1. The predicted octanol–water partition coefficient (Wildman–Crippen LogP) is 3.00. The van der Waals surface area contributed by atoms with Gasteiger partial charge < -0.3 is 9.84 Å². The molecule has 1 heterocycles. The summed E-state index contributed by atoms with van der Waals surface area (Å²) in [5, 5.41) is 21.6. The molecule has 0 aliphatic heterocycles. The second-order valence-corrected chi connectivity index (χ2v) is 6.29. The zero-order valence-corrected chi connectivity index (χ0v) is 15.3. The van der Waals surface area contributed by atoms with Gasteiger partial charge in [0.15, 0.2) is 5.78 Å². The maximum atomic E-state index is 12.8. The van der Waals surface area contributed by atoms with Gasteiger partial charge in [0, 0.05) is 11.1 Å². The first-order valence-corrected chi connectivity index (χ1v) is 8.59. The minimum absolute atomic E-state index is 0.0176. The number of nitrogens with zero attached hydrogens (tertiary/aromatic N) is 4. The van der Waals surface area contributed by atoms with Crippen LogP contribution in [0, 0.1) is 0 Å². The number of tetrazole rings is 1. The molecule has 7 nitrogen and oxygen atoms in total. The zero-order valence-electron chi connectivity index (χ0n) is 15.3. The van der Waals surface area contributed by atoms with Crippen molar-refractivity contribution >= 4 is 5.78 Å². The fourth-order valence-corrected chi connectivity index (χ4v) is 2.49. The van der Waals surface area contributed by atoms with E-state index in [9.17, 15) is 23.1 Å². The monoisotopic (exact) mass is 406 g/mol. The number of carbonyl (C=O) groups is 1. The lowest BCUT2D eigenvalue weighted by molar-refractivity contribution is -0.137. The molecule has 0 bridgehead atoms. The molecule has 0 radical (unpaired) electrons. The zero-order chi connectivity index (χ0) is 21.0. The number of benzene rings is 2. The van der Waals surface area contributed by atoms with Crippen molar-refractivity contribution in [2.75, 3.05) is 6.61 Å². The number of carbonyl (C=O) groups excluding carboxylic acids is 1. The van der Waals surface area contributed by atoms with Crippen molar-refractivity contribution in [1.29, 1.82) is 0 Å². The summed E-state index contributed by atoms with van der Waals surface area (Å²) in [4.78, 5) is 12.3. The van der Waals surface area contributed by atoms with Gasteiger partial charge in [-0.3, -0.25) is 4.79 Å². The second kappa shape index (κ2) is 8.39. The van der Waals surface area contributed by atoms with Gasteiger partial charge in [0.25, 0.3) is 0 Å². The Morgan fingerprint density at radius 1 is 1.21 bits per heavy atom. The van der Waals surface area contributed by atoms with Crippen molar-refractivity contribution in [2.45, 2.75) is 25.7 Å². The Morgan fingerprint density at radius 3 is 2.59 bits per heavy atom. The highest BCUT2D eigenvalue weighted by molar-refractivity contribution is 5.94. The topological polar surface area (TPSA) is 90.1 Å². The maximum absolute atomic E-state index is 12.8. The summed E-state index contributed by atoms with van der Waals surface area (Å²) in [6.45, 7) is 1.33. The molecule has 0 amide bonds. The average molecular weight is 406 g/mol. The van der Waals surface area contributed by atoms with Gasteiger partial charge in [0.05, 0.1) is 12.1 Å². The summed E-state index contributed by atoms with van der Waals surface area (Å²) in [6, 6.07) is 11.1. The van der Waals surface area contributed by atoms with Crippen LogP contribution in [0.25, 0.3) is 11.4 Å². The van der Waals surface area contributed by atoms with E-state index >= 15 is 0 Å². The second-order valence-electron chi connectivity index (χ2n) is 6.29. The van der Waals surface area contributed by atoms with Gasteiger partial charge >= 0.3 is 6.18 Å². The molecule has 1 aromatic heterocycles. The molecular weight excluding hydrogens is 389 g/mol. The number of aromatic nitrogens is 4. The third-order valence-electron chi connectivity index (χ3n) is 3.98. The molecule has 10 heteroatoms. The number of Topliss-reactive ketones (excluding diaryl/α,β-unsaturated/α-hetero) is 1. The number of aliphatic hydroxyl groups excluding tert-OH is 1. The van der Waals surface area contributed by atoms with E-state index in [0.29, 0.717) is 11.3 Å². The number of alkyl halides is 3. The van der Waals surface area contributed by atoms with E-state index < -0.39 is 17.8 Å². The van der Waals surface area contributed by atoms with E-state index in [1.165, 1.54) is 19.1 Å². The van der Waals surface area contributed by atoms with Gasteiger partial charge in [-0.1, -0.05) is 12.1 Å². The number of hydrogen-bond donors (Lipinski definition) is 1. The minimum atomic E-state index is -4.47. The molecule has 0 saturated heterocycles. The lowest BCUT2D eigenvalue weighted by Crippen LogP contribution is -2.25. The molecule has 0 saturated carbocycles. The minimum Gasteiger partial charge on any atom is -0.491 e. The van der Waals surface area contributed by atoms with Crippen molar-refractivity contribution in [3.8, 4) is 17.1 Å². The van der Waals surface area contributed by atoms with Crippen molar-refractivity contribution < 1.29 is 27.8 Å². The first-order chi connectivity index (χ1) is 13.7. The van der Waals surface area contributed by atoms with Crippen LogP contribution < -0.4 is 4.74 Å². The van der Waals surface area contributed by atoms with Gasteiger partial charge in [-0.05, 0) is 48.5 Å². The average Bonchev–Trinajstić information content (AvgIpc) is 3.14. The van der Waals surface area contributed by atoms with Gasteiger partial charge in [-0.25, -0.2) is 0 Å². The molecule has 152 valence electrons. The van der Waals surface area contributed by atoms with Crippen LogP contribution in [0.5, 0.6) is 5.75 Å². The molecule has 2 aromatic carbocycles. The SMILES string of the molecule is CC(=O)c1ccc(OCC(O)Cn2nnc(-c3cccc(C(F)(F)F)c3)n2)cc1. The van der Waals surface area contributed by atoms with Crippen LogP contribution in [0.15, 0.2) is 48.5 Å². The Balaban J connectivity index is 1.59. The highest BCUT2D eigenvalue weighted by atomic mass is 19.4. The molecule has 0 aliphatic rings. The van der Waals surface area contributed by atoms with Crippen LogP contribution in [0.3, 0.4) is 0 Å². The Morgan fingerprint density at radius 2 is 1.93 bits per heavy atom. The Kier molecular flexibility index (Phi) is 5.92. The lowest BCUT2D eigenvalue weighted by atomic mass is 10.1. The first kappa shape index (κ1) is 20.5. The quantitative estimate of drug-likeness (QED) is 0.607.